The molecule has 82 valence electrons. The van der Waals surface area contributed by atoms with E-state index in [9.17, 15) is 0 Å². The SMILES string of the molecule is Cc1cc(C)c(Oc2ccccn2)c(C)c1. The van der Waals surface area contributed by atoms with Gasteiger partial charge in [-0.05, 0) is 38.0 Å². The summed E-state index contributed by atoms with van der Waals surface area (Å²) in [7, 11) is 0. The number of pyridine rings is 1. The maximum absolute atomic E-state index is 5.78. The quantitative estimate of drug-likeness (QED) is 0.757. The van der Waals surface area contributed by atoms with Crippen molar-refractivity contribution in [3.63, 3.8) is 0 Å². The third-order valence-electron chi connectivity index (χ3n) is 2.45. The number of aromatic nitrogens is 1. The highest BCUT2D eigenvalue weighted by Gasteiger charge is 2.06. The van der Waals surface area contributed by atoms with Crippen LogP contribution in [0.2, 0.25) is 0 Å². The van der Waals surface area contributed by atoms with Crippen LogP contribution in [-0.4, -0.2) is 4.98 Å². The average molecular weight is 213 g/mol. The molecule has 0 saturated carbocycles. The summed E-state index contributed by atoms with van der Waals surface area (Å²) in [5, 5.41) is 0. The van der Waals surface area contributed by atoms with Gasteiger partial charge in [-0.1, -0.05) is 23.8 Å². The van der Waals surface area contributed by atoms with Crippen LogP contribution < -0.4 is 4.74 Å². The van der Waals surface area contributed by atoms with E-state index in [1.54, 1.807) is 6.20 Å². The highest BCUT2D eigenvalue weighted by Crippen LogP contribution is 2.28. The van der Waals surface area contributed by atoms with Crippen LogP contribution >= 0.6 is 0 Å². The molecular formula is C14H15NO. The van der Waals surface area contributed by atoms with E-state index < -0.39 is 0 Å². The van der Waals surface area contributed by atoms with Gasteiger partial charge in [-0.25, -0.2) is 4.98 Å². The molecular weight excluding hydrogens is 198 g/mol. The smallest absolute Gasteiger partial charge is 0.219 e. The normalized spacial score (nSPS) is 10.2. The summed E-state index contributed by atoms with van der Waals surface area (Å²) in [5.41, 5.74) is 3.54. The van der Waals surface area contributed by atoms with Crippen molar-refractivity contribution in [3.8, 4) is 11.6 Å². The van der Waals surface area contributed by atoms with Crippen molar-refractivity contribution in [2.75, 3.05) is 0 Å². The molecule has 0 aliphatic rings. The molecule has 0 radical (unpaired) electrons. The molecule has 0 aliphatic carbocycles. The van der Waals surface area contributed by atoms with Gasteiger partial charge in [0.1, 0.15) is 5.75 Å². The molecule has 0 saturated heterocycles. The molecule has 0 N–H and O–H groups in total. The Kier molecular flexibility index (Phi) is 2.91. The zero-order chi connectivity index (χ0) is 11.5. The van der Waals surface area contributed by atoms with E-state index in [2.05, 4.69) is 37.9 Å². The Morgan fingerprint density at radius 2 is 1.69 bits per heavy atom. The fourth-order valence-corrected chi connectivity index (χ4v) is 1.84. The monoisotopic (exact) mass is 213 g/mol. The number of benzene rings is 1. The van der Waals surface area contributed by atoms with Crippen LogP contribution in [0.4, 0.5) is 0 Å². The van der Waals surface area contributed by atoms with Gasteiger partial charge in [0.25, 0.3) is 0 Å². The maximum Gasteiger partial charge on any atom is 0.219 e. The van der Waals surface area contributed by atoms with Gasteiger partial charge >= 0.3 is 0 Å². The van der Waals surface area contributed by atoms with Gasteiger partial charge < -0.3 is 4.74 Å². The summed E-state index contributed by atoms with van der Waals surface area (Å²) in [6.07, 6.45) is 1.73. The van der Waals surface area contributed by atoms with Crippen LogP contribution in [0.25, 0.3) is 0 Å². The molecule has 2 heteroatoms. The van der Waals surface area contributed by atoms with Crippen LogP contribution in [0.15, 0.2) is 36.5 Å². The topological polar surface area (TPSA) is 22.1 Å². The molecule has 0 aliphatic heterocycles. The van der Waals surface area contributed by atoms with E-state index in [1.807, 2.05) is 18.2 Å². The number of hydrogen-bond donors (Lipinski definition) is 0. The first-order valence-corrected chi connectivity index (χ1v) is 5.33. The third kappa shape index (κ3) is 2.22. The Hall–Kier alpha value is -1.83. The van der Waals surface area contributed by atoms with Crippen molar-refractivity contribution in [3.05, 3.63) is 53.2 Å². The minimum Gasteiger partial charge on any atom is -0.438 e. The zero-order valence-corrected chi connectivity index (χ0v) is 9.82. The first kappa shape index (κ1) is 10.7. The van der Waals surface area contributed by atoms with Crippen molar-refractivity contribution in [1.82, 2.24) is 4.98 Å². The van der Waals surface area contributed by atoms with Gasteiger partial charge in [0, 0.05) is 12.3 Å². The zero-order valence-electron chi connectivity index (χ0n) is 9.82. The van der Waals surface area contributed by atoms with E-state index in [4.69, 9.17) is 4.74 Å². The third-order valence-corrected chi connectivity index (χ3v) is 2.45. The van der Waals surface area contributed by atoms with Crippen molar-refractivity contribution in [2.24, 2.45) is 0 Å². The molecule has 0 unspecified atom stereocenters. The van der Waals surface area contributed by atoms with Crippen molar-refractivity contribution in [2.45, 2.75) is 20.8 Å². The van der Waals surface area contributed by atoms with E-state index in [0.29, 0.717) is 5.88 Å². The molecule has 2 aromatic rings. The van der Waals surface area contributed by atoms with E-state index in [-0.39, 0.29) is 0 Å². The van der Waals surface area contributed by atoms with Gasteiger partial charge in [0.05, 0.1) is 0 Å². The molecule has 0 spiro atoms. The number of nitrogens with zero attached hydrogens (tertiary/aromatic N) is 1. The number of ether oxygens (including phenoxy) is 1. The first-order valence-electron chi connectivity index (χ1n) is 5.33. The minimum absolute atomic E-state index is 0.637. The number of hydrogen-bond acceptors (Lipinski definition) is 2. The summed E-state index contributed by atoms with van der Waals surface area (Å²) in [5.74, 6) is 1.54. The van der Waals surface area contributed by atoms with Gasteiger partial charge in [0.2, 0.25) is 5.88 Å². The van der Waals surface area contributed by atoms with E-state index in [0.717, 1.165) is 16.9 Å². The molecule has 2 nitrogen and oxygen atoms in total. The van der Waals surface area contributed by atoms with Gasteiger partial charge in [0.15, 0.2) is 0 Å². The Morgan fingerprint density at radius 1 is 1.00 bits per heavy atom. The molecule has 16 heavy (non-hydrogen) atoms. The standard InChI is InChI=1S/C14H15NO/c1-10-8-11(2)14(12(3)9-10)16-13-6-4-5-7-15-13/h4-9H,1-3H3. The lowest BCUT2D eigenvalue weighted by Gasteiger charge is -2.11. The Balaban J connectivity index is 2.35. The first-order chi connectivity index (χ1) is 7.66. The van der Waals surface area contributed by atoms with Crippen molar-refractivity contribution >= 4 is 0 Å². The molecule has 1 aromatic heterocycles. The molecule has 2 rings (SSSR count). The molecule has 1 aromatic carbocycles. The van der Waals surface area contributed by atoms with Crippen LogP contribution in [0.3, 0.4) is 0 Å². The predicted molar refractivity (Wildman–Crippen MR) is 65.0 cm³/mol. The second-order valence-electron chi connectivity index (χ2n) is 4.00. The lowest BCUT2D eigenvalue weighted by atomic mass is 10.1. The molecule has 0 atom stereocenters. The summed E-state index contributed by atoms with van der Waals surface area (Å²) < 4.78 is 5.78. The summed E-state index contributed by atoms with van der Waals surface area (Å²) >= 11 is 0. The fraction of sp³-hybridized carbons (Fsp3) is 0.214. The van der Waals surface area contributed by atoms with Gasteiger partial charge in [-0.3, -0.25) is 0 Å². The second kappa shape index (κ2) is 4.35. The van der Waals surface area contributed by atoms with Crippen LogP contribution in [0, 0.1) is 20.8 Å². The number of aryl methyl sites for hydroxylation is 3. The predicted octanol–water partition coefficient (Wildman–Crippen LogP) is 3.80. The Bertz CT molecular complexity index is 468. The number of rotatable bonds is 2. The van der Waals surface area contributed by atoms with E-state index >= 15 is 0 Å². The summed E-state index contributed by atoms with van der Waals surface area (Å²) in [6.45, 7) is 6.20. The largest absolute Gasteiger partial charge is 0.438 e. The highest BCUT2D eigenvalue weighted by atomic mass is 16.5. The lowest BCUT2D eigenvalue weighted by Crippen LogP contribution is -1.93. The summed E-state index contributed by atoms with van der Waals surface area (Å²) in [6, 6.07) is 9.89. The van der Waals surface area contributed by atoms with Crippen molar-refractivity contribution < 1.29 is 4.74 Å². The summed E-state index contributed by atoms with van der Waals surface area (Å²) in [4.78, 5) is 4.16. The molecule has 0 amide bonds. The highest BCUT2D eigenvalue weighted by molar-refractivity contribution is 5.44. The van der Waals surface area contributed by atoms with Crippen molar-refractivity contribution in [1.29, 1.82) is 0 Å². The molecule has 1 heterocycles. The Morgan fingerprint density at radius 3 is 2.25 bits per heavy atom. The Labute approximate surface area is 95.9 Å². The molecule has 0 fully saturated rings. The molecule has 0 bridgehead atoms. The average Bonchev–Trinajstić information content (AvgIpc) is 2.25. The minimum atomic E-state index is 0.637. The van der Waals surface area contributed by atoms with Gasteiger partial charge in [-0.15, -0.1) is 0 Å². The maximum atomic E-state index is 5.78. The fourth-order valence-electron chi connectivity index (χ4n) is 1.84. The van der Waals surface area contributed by atoms with Crippen LogP contribution in [0.5, 0.6) is 11.6 Å². The lowest BCUT2D eigenvalue weighted by molar-refractivity contribution is 0.456. The van der Waals surface area contributed by atoms with E-state index in [1.165, 1.54) is 5.56 Å². The second-order valence-corrected chi connectivity index (χ2v) is 4.00. The van der Waals surface area contributed by atoms with Crippen LogP contribution in [0.1, 0.15) is 16.7 Å². The van der Waals surface area contributed by atoms with Crippen LogP contribution in [-0.2, 0) is 0 Å². The van der Waals surface area contributed by atoms with Gasteiger partial charge in [-0.2, -0.15) is 0 Å².